The van der Waals surface area contributed by atoms with E-state index in [-0.39, 0.29) is 30.3 Å². The number of aliphatic hydroxyl groups excluding tert-OH is 1. The summed E-state index contributed by atoms with van der Waals surface area (Å²) >= 11 is 6.04. The Hall–Kier alpha value is -2.94. The van der Waals surface area contributed by atoms with Gasteiger partial charge in [-0.05, 0) is 55.0 Å². The highest BCUT2D eigenvalue weighted by Crippen LogP contribution is 2.65. The fourth-order valence-corrected chi connectivity index (χ4v) is 7.31. The van der Waals surface area contributed by atoms with E-state index in [1.807, 2.05) is 58.0 Å². The van der Waals surface area contributed by atoms with Gasteiger partial charge in [0.2, 0.25) is 17.7 Å². The van der Waals surface area contributed by atoms with E-state index in [0.29, 0.717) is 30.1 Å². The molecule has 3 aliphatic heterocycles. The maximum atomic E-state index is 14.4. The van der Waals surface area contributed by atoms with Gasteiger partial charge in [-0.25, -0.2) is 0 Å². The van der Waals surface area contributed by atoms with Crippen molar-refractivity contribution >= 4 is 35.0 Å². The number of hydrogen-bond donors (Lipinski definition) is 3. The zero-order valence-corrected chi connectivity index (χ0v) is 24.1. The monoisotopic (exact) mass is 567 g/mol. The number of benzene rings is 2. The highest BCUT2D eigenvalue weighted by atomic mass is 35.5. The molecule has 9 heteroatoms. The first kappa shape index (κ1) is 28.6. The summed E-state index contributed by atoms with van der Waals surface area (Å²) in [4.78, 5) is 43.9. The molecule has 3 unspecified atom stereocenters. The van der Waals surface area contributed by atoms with Crippen molar-refractivity contribution in [2.75, 3.05) is 11.9 Å². The lowest BCUT2D eigenvalue weighted by molar-refractivity contribution is -0.150. The van der Waals surface area contributed by atoms with Crippen molar-refractivity contribution in [2.24, 2.45) is 23.7 Å². The van der Waals surface area contributed by atoms with Gasteiger partial charge in [-0.1, -0.05) is 69.1 Å². The molecule has 40 heavy (non-hydrogen) atoms. The van der Waals surface area contributed by atoms with Crippen LogP contribution in [0.3, 0.4) is 0 Å². The molecule has 1 spiro atoms. The second kappa shape index (κ2) is 10.8. The van der Waals surface area contributed by atoms with E-state index in [1.165, 1.54) is 4.90 Å². The van der Waals surface area contributed by atoms with Gasteiger partial charge in [-0.15, -0.1) is 0 Å². The van der Waals surface area contributed by atoms with Crippen LogP contribution < -0.4 is 10.6 Å². The van der Waals surface area contributed by atoms with Crippen molar-refractivity contribution in [3.8, 4) is 0 Å². The molecule has 0 radical (unpaired) electrons. The van der Waals surface area contributed by atoms with Crippen LogP contribution in [0.5, 0.6) is 0 Å². The summed E-state index contributed by atoms with van der Waals surface area (Å²) in [5.41, 5.74) is -0.631. The molecule has 3 heterocycles. The van der Waals surface area contributed by atoms with Crippen LogP contribution in [0.15, 0.2) is 54.6 Å². The van der Waals surface area contributed by atoms with E-state index in [4.69, 9.17) is 16.3 Å². The van der Waals surface area contributed by atoms with E-state index in [1.54, 1.807) is 24.3 Å². The van der Waals surface area contributed by atoms with Crippen LogP contribution in [-0.2, 0) is 25.7 Å². The Morgan fingerprint density at radius 2 is 1.82 bits per heavy atom. The quantitative estimate of drug-likeness (QED) is 0.424. The Kier molecular flexibility index (Phi) is 7.72. The largest absolute Gasteiger partial charge is 0.394 e. The van der Waals surface area contributed by atoms with Crippen LogP contribution in [0.2, 0.25) is 5.02 Å². The van der Waals surface area contributed by atoms with Crippen molar-refractivity contribution in [3.05, 3.63) is 65.2 Å². The molecule has 3 saturated heterocycles. The number of likely N-dealkylation sites (tertiary alicyclic amines) is 1. The van der Waals surface area contributed by atoms with Crippen molar-refractivity contribution in [3.63, 3.8) is 0 Å². The van der Waals surface area contributed by atoms with Crippen molar-refractivity contribution < 1.29 is 24.2 Å². The predicted molar refractivity (Wildman–Crippen MR) is 152 cm³/mol. The molecule has 0 aliphatic carbocycles. The second-order valence-electron chi connectivity index (χ2n) is 11.8. The molecule has 0 saturated carbocycles. The third kappa shape index (κ3) is 4.50. The molecule has 3 N–H and O–H groups in total. The van der Waals surface area contributed by atoms with Crippen LogP contribution >= 0.6 is 11.6 Å². The third-order valence-corrected chi connectivity index (χ3v) is 9.80. The lowest BCUT2D eigenvalue weighted by Gasteiger charge is -2.39. The molecule has 8 nitrogen and oxygen atoms in total. The fraction of sp³-hybridized carbons (Fsp3) is 0.516. The van der Waals surface area contributed by atoms with Gasteiger partial charge in [-0.3, -0.25) is 14.4 Å². The molecule has 3 aliphatic rings. The molecule has 0 aromatic heterocycles. The molecule has 3 fully saturated rings. The first-order chi connectivity index (χ1) is 19.1. The first-order valence-corrected chi connectivity index (χ1v) is 14.5. The normalized spacial score (nSPS) is 32.0. The summed E-state index contributed by atoms with van der Waals surface area (Å²) in [5.74, 6) is -2.76. The summed E-state index contributed by atoms with van der Waals surface area (Å²) in [7, 11) is 0. The Morgan fingerprint density at radius 1 is 1.15 bits per heavy atom. The molecule has 2 aromatic carbocycles. The van der Waals surface area contributed by atoms with E-state index in [0.717, 1.165) is 5.56 Å². The Bertz CT molecular complexity index is 1270. The summed E-state index contributed by atoms with van der Waals surface area (Å²) in [6.07, 6.45) is 1.16. The van der Waals surface area contributed by atoms with Gasteiger partial charge in [0.25, 0.3) is 0 Å². The Balaban J connectivity index is 1.54. The number of amides is 3. The molecular weight excluding hydrogens is 530 g/mol. The number of carbonyl (C=O) groups excluding carboxylic acids is 3. The van der Waals surface area contributed by atoms with Crippen LogP contribution in [0.4, 0.5) is 5.69 Å². The highest BCUT2D eigenvalue weighted by molar-refractivity contribution is 6.30. The number of anilines is 1. The molecule has 214 valence electrons. The number of halogens is 1. The smallest absolute Gasteiger partial charge is 0.250 e. The maximum Gasteiger partial charge on any atom is 0.250 e. The zero-order chi connectivity index (χ0) is 28.8. The SMILES string of the molecule is CC[C@H](C)[C@H](CO)N1C(=O)[C@@H]2[C@H](C(=O)NCc3ccccc3)[C@@]3(C)OC2(CC3C)C1C(=O)Nc1ccc(Cl)cc1. The lowest BCUT2D eigenvalue weighted by atomic mass is 9.62. The van der Waals surface area contributed by atoms with Gasteiger partial charge in [0.1, 0.15) is 11.6 Å². The molecule has 2 bridgehead atoms. The number of carbonyl (C=O) groups is 3. The summed E-state index contributed by atoms with van der Waals surface area (Å²) in [6, 6.07) is 14.7. The van der Waals surface area contributed by atoms with Gasteiger partial charge in [0.15, 0.2) is 0 Å². The Morgan fingerprint density at radius 3 is 2.45 bits per heavy atom. The van der Waals surface area contributed by atoms with Crippen molar-refractivity contribution in [2.45, 2.75) is 70.4 Å². The van der Waals surface area contributed by atoms with Gasteiger partial charge in [0, 0.05) is 17.3 Å². The fourth-order valence-electron chi connectivity index (χ4n) is 7.19. The average Bonchev–Trinajstić information content (AvgIpc) is 3.46. The number of hydrogen-bond acceptors (Lipinski definition) is 5. The Labute approximate surface area is 240 Å². The number of fused-ring (bicyclic) bond motifs is 1. The molecule has 8 atom stereocenters. The van der Waals surface area contributed by atoms with Gasteiger partial charge >= 0.3 is 0 Å². The van der Waals surface area contributed by atoms with E-state index in [2.05, 4.69) is 10.6 Å². The van der Waals surface area contributed by atoms with Crippen molar-refractivity contribution in [1.29, 1.82) is 0 Å². The number of nitrogens with one attached hydrogen (secondary N) is 2. The number of aliphatic hydroxyl groups is 1. The second-order valence-corrected chi connectivity index (χ2v) is 12.2. The molecule has 2 aromatic rings. The highest BCUT2D eigenvalue weighted by Gasteiger charge is 2.80. The van der Waals surface area contributed by atoms with Crippen LogP contribution in [-0.4, -0.2) is 57.6 Å². The summed E-state index contributed by atoms with van der Waals surface area (Å²) in [6.45, 7) is 7.88. The maximum absolute atomic E-state index is 14.4. The lowest BCUT2D eigenvalue weighted by Crippen LogP contribution is -2.57. The van der Waals surface area contributed by atoms with Gasteiger partial charge < -0.3 is 25.4 Å². The molecule has 5 rings (SSSR count). The van der Waals surface area contributed by atoms with E-state index >= 15 is 0 Å². The minimum atomic E-state index is -1.20. The summed E-state index contributed by atoms with van der Waals surface area (Å²) in [5, 5.41) is 17.0. The van der Waals surface area contributed by atoms with Crippen LogP contribution in [0.25, 0.3) is 0 Å². The number of nitrogens with zero attached hydrogens (tertiary/aromatic N) is 1. The molecule has 3 amide bonds. The van der Waals surface area contributed by atoms with Gasteiger partial charge in [0.05, 0.1) is 30.1 Å². The predicted octanol–water partition coefficient (Wildman–Crippen LogP) is 4.01. The number of ether oxygens (including phenoxy) is 1. The van der Waals surface area contributed by atoms with Crippen LogP contribution in [0, 0.1) is 23.7 Å². The minimum Gasteiger partial charge on any atom is -0.394 e. The van der Waals surface area contributed by atoms with Crippen LogP contribution in [0.1, 0.15) is 46.1 Å². The average molecular weight is 568 g/mol. The van der Waals surface area contributed by atoms with Crippen molar-refractivity contribution in [1.82, 2.24) is 10.2 Å². The van der Waals surface area contributed by atoms with Gasteiger partial charge in [-0.2, -0.15) is 0 Å². The third-order valence-electron chi connectivity index (χ3n) is 9.55. The summed E-state index contributed by atoms with van der Waals surface area (Å²) < 4.78 is 6.78. The van der Waals surface area contributed by atoms with E-state index < -0.39 is 41.0 Å². The zero-order valence-electron chi connectivity index (χ0n) is 23.4. The number of rotatable bonds is 9. The molecular formula is C31H38ClN3O5. The topological polar surface area (TPSA) is 108 Å². The minimum absolute atomic E-state index is 0.0778. The van der Waals surface area contributed by atoms with E-state index in [9.17, 15) is 19.5 Å². The standard InChI is InChI=1S/C31H38ClN3O5/c1-5-18(2)23(17-36)35-26(28(38)34-22-13-11-21(32)12-14-22)31-15-19(3)30(4,40-31)24(25(31)29(35)39)27(37)33-16-20-9-7-6-8-10-20/h6-14,18-19,23-26,36H,5,15-17H2,1-4H3,(H,33,37)(H,34,38)/t18-,19?,23-,24+,25-,26?,30-,31?/m0/s1. The first-order valence-electron chi connectivity index (χ1n) is 14.1.